The number of hydrogen-bond acceptors (Lipinski definition) is 1. The average molecular weight is 353 g/mol. The van der Waals surface area contributed by atoms with Crippen molar-refractivity contribution in [2.45, 2.75) is 46.0 Å². The molecule has 0 bridgehead atoms. The second kappa shape index (κ2) is 7.88. The number of benzene rings is 2. The van der Waals surface area contributed by atoms with Crippen LogP contribution in [0.15, 0.2) is 54.7 Å². The van der Waals surface area contributed by atoms with Crippen LogP contribution < -0.4 is 0 Å². The molecule has 1 aromatic heterocycles. The van der Waals surface area contributed by atoms with Crippen LogP contribution in [-0.4, -0.2) is 9.78 Å². The fraction of sp³-hybridized carbons (Fsp3) is 0.318. The fourth-order valence-electron chi connectivity index (χ4n) is 3.39. The molecular formula is C22H25ClN2. The molecule has 0 N–H and O–H groups in total. The minimum Gasteiger partial charge on any atom is -0.240 e. The van der Waals surface area contributed by atoms with Crippen molar-refractivity contribution < 1.29 is 0 Å². The Morgan fingerprint density at radius 3 is 2.32 bits per heavy atom. The van der Waals surface area contributed by atoms with Gasteiger partial charge in [0.25, 0.3) is 0 Å². The molecule has 0 aliphatic heterocycles. The summed E-state index contributed by atoms with van der Waals surface area (Å²) in [5, 5.41) is 5.40. The first-order chi connectivity index (χ1) is 12.1. The summed E-state index contributed by atoms with van der Waals surface area (Å²) in [7, 11) is 0. The van der Waals surface area contributed by atoms with Gasteiger partial charge in [0.05, 0.1) is 11.4 Å². The topological polar surface area (TPSA) is 17.8 Å². The molecule has 0 saturated heterocycles. The van der Waals surface area contributed by atoms with Gasteiger partial charge in [0.15, 0.2) is 0 Å². The van der Waals surface area contributed by atoms with Gasteiger partial charge in [0.2, 0.25) is 0 Å². The van der Waals surface area contributed by atoms with Crippen LogP contribution in [0.4, 0.5) is 0 Å². The molecule has 0 aliphatic carbocycles. The van der Waals surface area contributed by atoms with Crippen molar-refractivity contribution in [2.75, 3.05) is 0 Å². The molecular weight excluding hydrogens is 328 g/mol. The van der Waals surface area contributed by atoms with E-state index in [1.807, 2.05) is 23.7 Å². The van der Waals surface area contributed by atoms with Crippen LogP contribution in [0.3, 0.4) is 0 Å². The number of aryl methyl sites for hydroxylation is 1. The molecule has 0 amide bonds. The van der Waals surface area contributed by atoms with Crippen molar-refractivity contribution >= 4 is 11.6 Å². The van der Waals surface area contributed by atoms with Gasteiger partial charge >= 0.3 is 0 Å². The maximum absolute atomic E-state index is 6.04. The predicted octanol–water partition coefficient (Wildman–Crippen LogP) is 6.79. The van der Waals surface area contributed by atoms with E-state index in [4.69, 9.17) is 11.6 Å². The largest absolute Gasteiger partial charge is 0.240 e. The van der Waals surface area contributed by atoms with Crippen molar-refractivity contribution in [1.29, 1.82) is 0 Å². The molecule has 1 unspecified atom stereocenters. The van der Waals surface area contributed by atoms with E-state index in [9.17, 15) is 0 Å². The summed E-state index contributed by atoms with van der Waals surface area (Å²) < 4.78 is 2.01. The zero-order valence-corrected chi connectivity index (χ0v) is 15.9. The van der Waals surface area contributed by atoms with Crippen LogP contribution in [0.2, 0.25) is 5.02 Å². The van der Waals surface area contributed by atoms with E-state index >= 15 is 0 Å². The summed E-state index contributed by atoms with van der Waals surface area (Å²) in [5.41, 5.74) is 6.02. The van der Waals surface area contributed by atoms with Crippen molar-refractivity contribution in [3.63, 3.8) is 0 Å². The normalized spacial score (nSPS) is 12.3. The lowest BCUT2D eigenvalue weighted by atomic mass is 9.88. The number of rotatable bonds is 6. The van der Waals surface area contributed by atoms with Gasteiger partial charge < -0.3 is 0 Å². The summed E-state index contributed by atoms with van der Waals surface area (Å²) in [6.07, 6.45) is 5.55. The molecule has 3 heteroatoms. The van der Waals surface area contributed by atoms with Crippen LogP contribution in [0.1, 0.15) is 50.3 Å². The Labute approximate surface area is 155 Å². The third kappa shape index (κ3) is 3.96. The Bertz CT molecular complexity index is 833. The quantitative estimate of drug-likeness (QED) is 0.477. The standard InChI is InChI=1S/C22H25ClN2/c1-4-6-17(5-2)21-15-19(18-7-10-20(23)11-8-18)9-12-22(21)25-14-13-16(3)24-25/h7-15,17H,4-6H2,1-3H3. The van der Waals surface area contributed by atoms with Crippen molar-refractivity contribution in [3.8, 4) is 16.8 Å². The number of aromatic nitrogens is 2. The smallest absolute Gasteiger partial charge is 0.0680 e. The minimum atomic E-state index is 0.539. The van der Waals surface area contributed by atoms with Gasteiger partial charge in [-0.25, -0.2) is 4.68 Å². The molecule has 0 spiro atoms. The first-order valence-electron chi connectivity index (χ1n) is 9.05. The number of hydrogen-bond donors (Lipinski definition) is 0. The highest BCUT2D eigenvalue weighted by Gasteiger charge is 2.16. The van der Waals surface area contributed by atoms with Gasteiger partial charge in [-0.05, 0) is 72.7 Å². The first-order valence-corrected chi connectivity index (χ1v) is 9.42. The van der Waals surface area contributed by atoms with E-state index in [-0.39, 0.29) is 0 Å². The second-order valence-electron chi connectivity index (χ2n) is 6.58. The van der Waals surface area contributed by atoms with Gasteiger partial charge in [0.1, 0.15) is 0 Å². The maximum atomic E-state index is 6.04. The van der Waals surface area contributed by atoms with Crippen LogP contribution in [-0.2, 0) is 0 Å². The second-order valence-corrected chi connectivity index (χ2v) is 7.01. The molecule has 1 heterocycles. The summed E-state index contributed by atoms with van der Waals surface area (Å²) in [5.74, 6) is 0.539. The molecule has 0 fully saturated rings. The molecule has 2 aromatic carbocycles. The van der Waals surface area contributed by atoms with E-state index < -0.39 is 0 Å². The first kappa shape index (κ1) is 17.8. The third-order valence-corrected chi connectivity index (χ3v) is 5.00. The fourth-order valence-corrected chi connectivity index (χ4v) is 3.52. The minimum absolute atomic E-state index is 0.539. The third-order valence-electron chi connectivity index (χ3n) is 4.74. The van der Waals surface area contributed by atoms with Crippen LogP contribution in [0.5, 0.6) is 0 Å². The van der Waals surface area contributed by atoms with E-state index in [0.717, 1.165) is 17.1 Å². The van der Waals surface area contributed by atoms with Crippen LogP contribution in [0, 0.1) is 6.92 Å². The van der Waals surface area contributed by atoms with E-state index in [0.29, 0.717) is 5.92 Å². The number of nitrogens with zero attached hydrogens (tertiary/aromatic N) is 2. The maximum Gasteiger partial charge on any atom is 0.0680 e. The van der Waals surface area contributed by atoms with Crippen LogP contribution in [0.25, 0.3) is 16.8 Å². The molecule has 25 heavy (non-hydrogen) atoms. The molecule has 0 radical (unpaired) electrons. The summed E-state index contributed by atoms with van der Waals surface area (Å²) in [6, 6.07) is 16.8. The molecule has 2 nitrogen and oxygen atoms in total. The van der Waals surface area contributed by atoms with Gasteiger partial charge in [-0.3, -0.25) is 0 Å². The SMILES string of the molecule is CCCC(CC)c1cc(-c2ccc(Cl)cc2)ccc1-n1ccc(C)n1. The highest BCUT2D eigenvalue weighted by molar-refractivity contribution is 6.30. The molecule has 1 atom stereocenters. The van der Waals surface area contributed by atoms with Gasteiger partial charge in [-0.2, -0.15) is 5.10 Å². The van der Waals surface area contributed by atoms with E-state index in [1.54, 1.807) is 0 Å². The predicted molar refractivity (Wildman–Crippen MR) is 107 cm³/mol. The zero-order chi connectivity index (χ0) is 17.8. The Hall–Kier alpha value is -2.06. The summed E-state index contributed by atoms with van der Waals surface area (Å²) >= 11 is 6.04. The Morgan fingerprint density at radius 2 is 1.72 bits per heavy atom. The number of halogens is 1. The van der Waals surface area contributed by atoms with E-state index in [1.165, 1.54) is 35.2 Å². The highest BCUT2D eigenvalue weighted by Crippen LogP contribution is 2.33. The van der Waals surface area contributed by atoms with E-state index in [2.05, 4.69) is 61.5 Å². The molecule has 3 aromatic rings. The van der Waals surface area contributed by atoms with Gasteiger partial charge in [0, 0.05) is 11.2 Å². The Balaban J connectivity index is 2.10. The summed E-state index contributed by atoms with van der Waals surface area (Å²) in [4.78, 5) is 0. The molecule has 3 rings (SSSR count). The van der Waals surface area contributed by atoms with Crippen molar-refractivity contribution in [3.05, 3.63) is 71.0 Å². The monoisotopic (exact) mass is 352 g/mol. The molecule has 0 saturated carbocycles. The van der Waals surface area contributed by atoms with Crippen molar-refractivity contribution in [1.82, 2.24) is 9.78 Å². The highest BCUT2D eigenvalue weighted by atomic mass is 35.5. The molecule has 0 aliphatic rings. The van der Waals surface area contributed by atoms with Gasteiger partial charge in [-0.1, -0.05) is 50.1 Å². The summed E-state index contributed by atoms with van der Waals surface area (Å²) in [6.45, 7) is 6.55. The van der Waals surface area contributed by atoms with Gasteiger partial charge in [-0.15, -0.1) is 0 Å². The lowest BCUT2D eigenvalue weighted by molar-refractivity contribution is 0.591. The molecule has 130 valence electrons. The van der Waals surface area contributed by atoms with Crippen LogP contribution >= 0.6 is 11.6 Å². The lowest BCUT2D eigenvalue weighted by Crippen LogP contribution is -2.06. The average Bonchev–Trinajstić information content (AvgIpc) is 3.06. The Morgan fingerprint density at radius 1 is 1.00 bits per heavy atom. The Kier molecular flexibility index (Phi) is 5.60. The van der Waals surface area contributed by atoms with Crippen molar-refractivity contribution in [2.24, 2.45) is 0 Å². The zero-order valence-electron chi connectivity index (χ0n) is 15.2. The lowest BCUT2D eigenvalue weighted by Gasteiger charge is -2.20.